The van der Waals surface area contributed by atoms with E-state index in [2.05, 4.69) is 175 Å². The first-order valence-corrected chi connectivity index (χ1v) is 15.5. The molecule has 2 atom stereocenters. The van der Waals surface area contributed by atoms with E-state index in [-0.39, 0.29) is 12.1 Å². The van der Waals surface area contributed by atoms with Crippen molar-refractivity contribution < 1.29 is 0 Å². The maximum atomic E-state index is 3.92. The van der Waals surface area contributed by atoms with Crippen LogP contribution in [0.3, 0.4) is 0 Å². The van der Waals surface area contributed by atoms with Crippen molar-refractivity contribution in [3.05, 3.63) is 203 Å². The van der Waals surface area contributed by atoms with E-state index in [9.17, 15) is 0 Å². The molecular weight excluding hydrogens is 518 g/mol. The molecule has 0 aromatic heterocycles. The Kier molecular flexibility index (Phi) is 7.98. The van der Waals surface area contributed by atoms with Gasteiger partial charge < -0.3 is 0 Å². The minimum absolute atomic E-state index is 0.109. The molecule has 210 valence electrons. The number of hydrogen-bond donors (Lipinski definition) is 1. The van der Waals surface area contributed by atoms with E-state index in [1.54, 1.807) is 11.1 Å². The molecular formula is C42H37N. The molecule has 0 amide bonds. The molecule has 1 nitrogen and oxygen atoms in total. The van der Waals surface area contributed by atoms with Crippen LogP contribution in [0.5, 0.6) is 0 Å². The Morgan fingerprint density at radius 3 is 1.19 bits per heavy atom. The molecule has 0 spiro atoms. The SMILES string of the molecule is c1ccc(-c2cccc3c2C2CCC32)cc1.c1ccc(C(NC(c2ccccc2)c2ccccc2)c2ccccc2)cc1. The Balaban J connectivity index is 0.000000158. The fourth-order valence-corrected chi connectivity index (χ4v) is 6.83. The van der Waals surface area contributed by atoms with Gasteiger partial charge in [0.15, 0.2) is 0 Å². The molecule has 2 unspecified atom stereocenters. The van der Waals surface area contributed by atoms with E-state index >= 15 is 0 Å². The second kappa shape index (κ2) is 12.7. The van der Waals surface area contributed by atoms with Crippen molar-refractivity contribution >= 4 is 0 Å². The average molecular weight is 556 g/mol. The molecule has 0 aliphatic heterocycles. The highest BCUT2D eigenvalue weighted by atomic mass is 15.0. The molecule has 1 N–H and O–H groups in total. The molecule has 6 aromatic rings. The van der Waals surface area contributed by atoms with Crippen molar-refractivity contribution in [2.75, 3.05) is 0 Å². The number of hydrogen-bond acceptors (Lipinski definition) is 1. The molecule has 6 aromatic carbocycles. The van der Waals surface area contributed by atoms with Crippen LogP contribution in [0.1, 0.15) is 70.1 Å². The summed E-state index contributed by atoms with van der Waals surface area (Å²) in [5, 5.41) is 3.92. The standard InChI is InChI=1S/C26H23N.C16H14/c1-5-13-21(14-6-1)25(22-15-7-2-8-16-22)27-26(23-17-9-3-10-18-23)24-19-11-4-12-20-24;1-2-5-11(6-3-1)12-7-4-8-14-13-9-10-15(13)16(12)14/h1-20,25-27H;1-8,13,15H,9-10H2. The number of fused-ring (bicyclic) bond motifs is 4. The smallest absolute Gasteiger partial charge is 0.0583 e. The van der Waals surface area contributed by atoms with E-state index in [4.69, 9.17) is 0 Å². The van der Waals surface area contributed by atoms with E-state index in [0.29, 0.717) is 0 Å². The Morgan fingerprint density at radius 1 is 0.395 bits per heavy atom. The molecule has 0 saturated heterocycles. The van der Waals surface area contributed by atoms with Crippen molar-refractivity contribution in [1.82, 2.24) is 5.32 Å². The Bertz CT molecular complexity index is 1570. The quantitative estimate of drug-likeness (QED) is 0.207. The maximum absolute atomic E-state index is 3.92. The summed E-state index contributed by atoms with van der Waals surface area (Å²) >= 11 is 0. The molecule has 2 aliphatic rings. The molecule has 0 bridgehead atoms. The normalized spacial score (nSPS) is 16.2. The minimum atomic E-state index is 0.109. The van der Waals surface area contributed by atoms with Gasteiger partial charge in [0.05, 0.1) is 12.1 Å². The van der Waals surface area contributed by atoms with E-state index in [0.717, 1.165) is 11.8 Å². The fraction of sp³-hybridized carbons (Fsp3) is 0.143. The van der Waals surface area contributed by atoms with Gasteiger partial charge in [0.2, 0.25) is 0 Å². The summed E-state index contributed by atoms with van der Waals surface area (Å²) in [7, 11) is 0. The van der Waals surface area contributed by atoms with Crippen LogP contribution in [0.15, 0.2) is 170 Å². The van der Waals surface area contributed by atoms with Crippen LogP contribution in [0.4, 0.5) is 0 Å². The number of nitrogens with one attached hydrogen (secondary N) is 1. The van der Waals surface area contributed by atoms with Crippen LogP contribution in [0.2, 0.25) is 0 Å². The van der Waals surface area contributed by atoms with Gasteiger partial charge in [0, 0.05) is 0 Å². The van der Waals surface area contributed by atoms with E-state index in [1.165, 1.54) is 46.2 Å². The van der Waals surface area contributed by atoms with Crippen molar-refractivity contribution in [3.8, 4) is 11.1 Å². The molecule has 8 rings (SSSR count). The summed E-state index contributed by atoms with van der Waals surface area (Å²) in [6.07, 6.45) is 2.82. The highest BCUT2D eigenvalue weighted by Crippen LogP contribution is 2.61. The largest absolute Gasteiger partial charge is 0.295 e. The Hall–Kier alpha value is -4.72. The summed E-state index contributed by atoms with van der Waals surface area (Å²) in [4.78, 5) is 0. The van der Waals surface area contributed by atoms with Crippen LogP contribution in [-0.2, 0) is 0 Å². The van der Waals surface area contributed by atoms with Gasteiger partial charge in [0.1, 0.15) is 0 Å². The predicted octanol–water partition coefficient (Wildman–Crippen LogP) is 10.5. The first kappa shape index (κ1) is 27.1. The lowest BCUT2D eigenvalue weighted by atomic mass is 9.54. The molecule has 2 aliphatic carbocycles. The highest BCUT2D eigenvalue weighted by Gasteiger charge is 2.45. The topological polar surface area (TPSA) is 12.0 Å². The molecule has 43 heavy (non-hydrogen) atoms. The van der Waals surface area contributed by atoms with Gasteiger partial charge in [-0.2, -0.15) is 0 Å². The van der Waals surface area contributed by atoms with Gasteiger partial charge >= 0.3 is 0 Å². The fourth-order valence-electron chi connectivity index (χ4n) is 6.83. The summed E-state index contributed by atoms with van der Waals surface area (Å²) in [5.41, 5.74) is 11.2. The second-order valence-electron chi connectivity index (χ2n) is 11.6. The molecule has 1 fully saturated rings. The van der Waals surface area contributed by atoms with Crippen molar-refractivity contribution in [2.24, 2.45) is 0 Å². The van der Waals surface area contributed by atoms with Crippen LogP contribution in [-0.4, -0.2) is 0 Å². The van der Waals surface area contributed by atoms with Crippen LogP contribution >= 0.6 is 0 Å². The summed E-state index contributed by atoms with van der Waals surface area (Å²) in [6.45, 7) is 0. The van der Waals surface area contributed by atoms with Crippen LogP contribution in [0, 0.1) is 0 Å². The monoisotopic (exact) mass is 555 g/mol. The average Bonchev–Trinajstić information content (AvgIpc) is 3.08. The van der Waals surface area contributed by atoms with Gasteiger partial charge in [-0.15, -0.1) is 0 Å². The molecule has 0 radical (unpaired) electrons. The highest BCUT2D eigenvalue weighted by molar-refractivity contribution is 5.73. The van der Waals surface area contributed by atoms with Gasteiger partial charge in [-0.1, -0.05) is 170 Å². The van der Waals surface area contributed by atoms with Gasteiger partial charge in [-0.25, -0.2) is 0 Å². The minimum Gasteiger partial charge on any atom is -0.295 e. The van der Waals surface area contributed by atoms with E-state index in [1.807, 2.05) is 0 Å². The zero-order valence-corrected chi connectivity index (χ0v) is 24.4. The van der Waals surface area contributed by atoms with Gasteiger partial charge in [0.25, 0.3) is 0 Å². The third kappa shape index (κ3) is 5.69. The van der Waals surface area contributed by atoms with Crippen molar-refractivity contribution in [3.63, 3.8) is 0 Å². The summed E-state index contributed by atoms with van der Waals surface area (Å²) < 4.78 is 0. The number of rotatable bonds is 7. The third-order valence-corrected chi connectivity index (χ3v) is 9.13. The lowest BCUT2D eigenvalue weighted by molar-refractivity contribution is 0.295. The predicted molar refractivity (Wildman–Crippen MR) is 179 cm³/mol. The Morgan fingerprint density at radius 2 is 0.791 bits per heavy atom. The Labute approximate surface area is 255 Å². The number of benzene rings is 6. The maximum Gasteiger partial charge on any atom is 0.0583 e. The zero-order valence-electron chi connectivity index (χ0n) is 24.4. The molecule has 1 saturated carbocycles. The van der Waals surface area contributed by atoms with Crippen LogP contribution in [0.25, 0.3) is 11.1 Å². The van der Waals surface area contributed by atoms with Crippen molar-refractivity contribution in [2.45, 2.75) is 36.8 Å². The first-order chi connectivity index (χ1) is 21.4. The summed E-state index contributed by atoms with van der Waals surface area (Å²) in [5.74, 6) is 1.78. The van der Waals surface area contributed by atoms with Crippen LogP contribution < -0.4 is 5.32 Å². The molecule has 0 heterocycles. The molecule has 1 heteroatoms. The zero-order chi connectivity index (χ0) is 28.8. The lowest BCUT2D eigenvalue weighted by Crippen LogP contribution is -2.33. The van der Waals surface area contributed by atoms with Gasteiger partial charge in [-0.3, -0.25) is 5.32 Å². The first-order valence-electron chi connectivity index (χ1n) is 15.5. The van der Waals surface area contributed by atoms with Gasteiger partial charge in [-0.05, 0) is 69.2 Å². The summed E-state index contributed by atoms with van der Waals surface area (Å²) in [6, 6.07) is 60.5. The third-order valence-electron chi connectivity index (χ3n) is 9.13. The van der Waals surface area contributed by atoms with Crippen molar-refractivity contribution in [1.29, 1.82) is 0 Å². The van der Waals surface area contributed by atoms with E-state index < -0.39 is 0 Å². The lowest BCUT2D eigenvalue weighted by Gasteiger charge is -2.49. The second-order valence-corrected chi connectivity index (χ2v) is 11.6.